The number of halogens is 1. The van der Waals surface area contributed by atoms with Crippen molar-refractivity contribution >= 4 is 11.8 Å². The Bertz CT molecular complexity index is 763. The maximum Gasteiger partial charge on any atom is 0.243 e. The van der Waals surface area contributed by atoms with Gasteiger partial charge >= 0.3 is 0 Å². The van der Waals surface area contributed by atoms with Crippen molar-refractivity contribution in [1.29, 1.82) is 0 Å². The second-order valence-electron chi connectivity index (χ2n) is 6.97. The lowest BCUT2D eigenvalue weighted by Crippen LogP contribution is -2.52. The number of aliphatic hydroxyl groups excluding tert-OH is 1. The molecule has 2 aromatic carbocycles. The summed E-state index contributed by atoms with van der Waals surface area (Å²) in [5.41, 5.74) is 1.66. The summed E-state index contributed by atoms with van der Waals surface area (Å²) >= 11 is 0. The lowest BCUT2D eigenvalue weighted by atomic mass is 10.0. The van der Waals surface area contributed by atoms with E-state index < -0.39 is 6.04 Å². The quantitative estimate of drug-likeness (QED) is 0.696. The Hall–Kier alpha value is -2.73. The van der Waals surface area contributed by atoms with Crippen molar-refractivity contribution in [1.82, 2.24) is 10.2 Å². The molecule has 0 aromatic heterocycles. The van der Waals surface area contributed by atoms with E-state index in [1.807, 2.05) is 30.3 Å². The maximum absolute atomic E-state index is 13.3. The first-order valence-corrected chi connectivity index (χ1v) is 9.39. The summed E-state index contributed by atoms with van der Waals surface area (Å²) in [5, 5.41) is 11.7. The van der Waals surface area contributed by atoms with E-state index in [0.29, 0.717) is 6.42 Å². The number of hydrogen-bond acceptors (Lipinski definition) is 3. The van der Waals surface area contributed by atoms with Gasteiger partial charge in [0.2, 0.25) is 11.8 Å². The molecule has 0 spiro atoms. The zero-order valence-corrected chi connectivity index (χ0v) is 16.3. The smallest absolute Gasteiger partial charge is 0.243 e. The van der Waals surface area contributed by atoms with E-state index >= 15 is 0 Å². The van der Waals surface area contributed by atoms with Crippen LogP contribution in [-0.4, -0.2) is 41.0 Å². The van der Waals surface area contributed by atoms with Crippen molar-refractivity contribution in [2.75, 3.05) is 13.2 Å². The Kier molecular flexibility index (Phi) is 8.14. The number of aliphatic hydroxyl groups is 1. The topological polar surface area (TPSA) is 69.6 Å². The summed E-state index contributed by atoms with van der Waals surface area (Å²) in [7, 11) is 0. The van der Waals surface area contributed by atoms with E-state index in [1.165, 1.54) is 17.0 Å². The minimum atomic E-state index is -0.742. The normalized spacial score (nSPS) is 11.9. The molecule has 2 aromatic rings. The van der Waals surface area contributed by atoms with E-state index in [4.69, 9.17) is 5.11 Å². The van der Waals surface area contributed by atoms with Crippen LogP contribution in [0.2, 0.25) is 0 Å². The number of amides is 2. The molecule has 0 fully saturated rings. The van der Waals surface area contributed by atoms with Gasteiger partial charge in [-0.25, -0.2) is 4.39 Å². The molecule has 6 heteroatoms. The van der Waals surface area contributed by atoms with Gasteiger partial charge in [-0.05, 0) is 23.3 Å². The average Bonchev–Trinajstić information content (AvgIpc) is 2.70. The van der Waals surface area contributed by atoms with Gasteiger partial charge in [0, 0.05) is 25.4 Å². The number of rotatable bonds is 9. The second-order valence-corrected chi connectivity index (χ2v) is 6.97. The third-order valence-electron chi connectivity index (χ3n) is 4.40. The standard InChI is InChI=1S/C22H27FN2O3/c1-16(2)22(28)25(15-18-8-10-19(23)11-9-18)20(21(27)24-12-13-26)14-17-6-4-3-5-7-17/h3-11,16,20,26H,12-15H2,1-2H3,(H,24,27)/t20-/m0/s1. The lowest BCUT2D eigenvalue weighted by Gasteiger charge is -2.32. The molecule has 0 aliphatic heterocycles. The molecule has 0 aliphatic carbocycles. The van der Waals surface area contributed by atoms with Crippen molar-refractivity contribution in [2.24, 2.45) is 5.92 Å². The molecule has 0 heterocycles. The van der Waals surface area contributed by atoms with Crippen LogP contribution in [0.15, 0.2) is 54.6 Å². The highest BCUT2D eigenvalue weighted by atomic mass is 19.1. The minimum Gasteiger partial charge on any atom is -0.395 e. The molecule has 0 unspecified atom stereocenters. The third-order valence-corrected chi connectivity index (χ3v) is 4.40. The Labute approximate surface area is 165 Å². The second kappa shape index (κ2) is 10.6. The molecule has 0 bridgehead atoms. The van der Waals surface area contributed by atoms with Crippen LogP contribution in [0.25, 0.3) is 0 Å². The average molecular weight is 386 g/mol. The van der Waals surface area contributed by atoms with Crippen LogP contribution in [0, 0.1) is 11.7 Å². The van der Waals surface area contributed by atoms with Gasteiger partial charge in [0.1, 0.15) is 11.9 Å². The number of carbonyl (C=O) groups excluding carboxylic acids is 2. The largest absolute Gasteiger partial charge is 0.395 e. The van der Waals surface area contributed by atoms with Gasteiger partial charge in [-0.3, -0.25) is 9.59 Å². The summed E-state index contributed by atoms with van der Waals surface area (Å²) in [6.07, 6.45) is 0.345. The summed E-state index contributed by atoms with van der Waals surface area (Å²) < 4.78 is 13.3. The summed E-state index contributed by atoms with van der Waals surface area (Å²) in [4.78, 5) is 27.3. The van der Waals surface area contributed by atoms with Crippen molar-refractivity contribution < 1.29 is 19.1 Å². The van der Waals surface area contributed by atoms with E-state index in [1.54, 1.807) is 26.0 Å². The number of nitrogens with zero attached hydrogens (tertiary/aromatic N) is 1. The van der Waals surface area contributed by atoms with Crippen molar-refractivity contribution in [3.8, 4) is 0 Å². The maximum atomic E-state index is 13.3. The fourth-order valence-electron chi connectivity index (χ4n) is 2.94. The van der Waals surface area contributed by atoms with Crippen LogP contribution in [0.1, 0.15) is 25.0 Å². The van der Waals surface area contributed by atoms with Crippen LogP contribution in [0.3, 0.4) is 0 Å². The molecule has 0 saturated heterocycles. The SMILES string of the molecule is CC(C)C(=O)N(Cc1ccc(F)cc1)[C@@H](Cc1ccccc1)C(=O)NCCO. The predicted molar refractivity (Wildman–Crippen MR) is 106 cm³/mol. The number of hydrogen-bond donors (Lipinski definition) is 2. The van der Waals surface area contributed by atoms with E-state index in [9.17, 15) is 14.0 Å². The molecular weight excluding hydrogens is 359 g/mol. The Morgan fingerprint density at radius 1 is 1.04 bits per heavy atom. The van der Waals surface area contributed by atoms with E-state index in [-0.39, 0.29) is 43.2 Å². The van der Waals surface area contributed by atoms with Gasteiger partial charge in [0.05, 0.1) is 6.61 Å². The molecule has 28 heavy (non-hydrogen) atoms. The Morgan fingerprint density at radius 3 is 2.25 bits per heavy atom. The molecule has 0 radical (unpaired) electrons. The first-order chi connectivity index (χ1) is 13.4. The van der Waals surface area contributed by atoms with Crippen molar-refractivity contribution in [3.63, 3.8) is 0 Å². The van der Waals surface area contributed by atoms with E-state index in [2.05, 4.69) is 5.32 Å². The molecule has 0 aliphatic rings. The molecule has 5 nitrogen and oxygen atoms in total. The lowest BCUT2D eigenvalue weighted by molar-refractivity contribution is -0.143. The molecule has 2 rings (SSSR count). The van der Waals surface area contributed by atoms with Crippen LogP contribution in [0.4, 0.5) is 4.39 Å². The monoisotopic (exact) mass is 386 g/mol. The predicted octanol–water partition coefficient (Wildman–Crippen LogP) is 2.53. The molecule has 0 saturated carbocycles. The van der Waals surface area contributed by atoms with Gasteiger partial charge in [0.15, 0.2) is 0 Å². The summed E-state index contributed by atoms with van der Waals surface area (Å²) in [6, 6.07) is 14.6. The van der Waals surface area contributed by atoms with Gasteiger partial charge in [-0.1, -0.05) is 56.3 Å². The van der Waals surface area contributed by atoms with Crippen LogP contribution < -0.4 is 5.32 Å². The van der Waals surface area contributed by atoms with Crippen molar-refractivity contribution in [3.05, 3.63) is 71.5 Å². The minimum absolute atomic E-state index is 0.115. The third kappa shape index (κ3) is 6.16. The van der Waals surface area contributed by atoms with Crippen molar-refractivity contribution in [2.45, 2.75) is 32.9 Å². The molecule has 1 atom stereocenters. The Morgan fingerprint density at radius 2 is 1.68 bits per heavy atom. The number of benzene rings is 2. The van der Waals surface area contributed by atoms with E-state index in [0.717, 1.165) is 11.1 Å². The first kappa shape index (κ1) is 21.6. The highest BCUT2D eigenvalue weighted by molar-refractivity contribution is 5.88. The van der Waals surface area contributed by atoms with Crippen LogP contribution in [-0.2, 0) is 22.6 Å². The number of carbonyl (C=O) groups is 2. The zero-order valence-electron chi connectivity index (χ0n) is 16.3. The highest BCUT2D eigenvalue weighted by Gasteiger charge is 2.31. The molecule has 150 valence electrons. The fourth-order valence-corrected chi connectivity index (χ4v) is 2.94. The van der Waals surface area contributed by atoms with Gasteiger partial charge in [-0.2, -0.15) is 0 Å². The summed E-state index contributed by atoms with van der Waals surface area (Å²) in [6.45, 7) is 3.70. The van der Waals surface area contributed by atoms with Gasteiger partial charge in [0.25, 0.3) is 0 Å². The summed E-state index contributed by atoms with van der Waals surface area (Å²) in [5.74, 6) is -1.14. The zero-order chi connectivity index (χ0) is 20.5. The molecule has 2 amide bonds. The van der Waals surface area contributed by atoms with Crippen LogP contribution in [0.5, 0.6) is 0 Å². The molecule has 2 N–H and O–H groups in total. The number of nitrogens with one attached hydrogen (secondary N) is 1. The van der Waals surface area contributed by atoms with Crippen LogP contribution >= 0.6 is 0 Å². The highest BCUT2D eigenvalue weighted by Crippen LogP contribution is 2.17. The Balaban J connectivity index is 2.35. The van der Waals surface area contributed by atoms with Gasteiger partial charge < -0.3 is 15.3 Å². The van der Waals surface area contributed by atoms with Gasteiger partial charge in [-0.15, -0.1) is 0 Å². The fraction of sp³-hybridized carbons (Fsp3) is 0.364. The first-order valence-electron chi connectivity index (χ1n) is 9.39. The molecular formula is C22H27FN2O3.